The topological polar surface area (TPSA) is 103 Å². The summed E-state index contributed by atoms with van der Waals surface area (Å²) in [5, 5.41) is 1.05. The Balaban J connectivity index is 0.000000135. The monoisotopic (exact) mass is 468 g/mol. The van der Waals surface area contributed by atoms with Crippen LogP contribution in [0.1, 0.15) is 35.4 Å². The molecule has 7 nitrogen and oxygen atoms in total. The molecule has 0 aromatic carbocycles. The second-order valence-electron chi connectivity index (χ2n) is 8.07. The van der Waals surface area contributed by atoms with Crippen LogP contribution in [0.5, 0.6) is 0 Å². The highest BCUT2D eigenvalue weighted by atomic mass is 35.5. The van der Waals surface area contributed by atoms with Gasteiger partial charge in [0.15, 0.2) is 0 Å². The van der Waals surface area contributed by atoms with E-state index in [1.807, 2.05) is 0 Å². The van der Waals surface area contributed by atoms with Gasteiger partial charge in [-0.05, 0) is 24.0 Å². The van der Waals surface area contributed by atoms with Crippen molar-refractivity contribution in [2.24, 2.45) is 0 Å². The third kappa shape index (κ3) is 3.64. The van der Waals surface area contributed by atoms with Crippen molar-refractivity contribution in [1.82, 2.24) is 29.9 Å². The summed E-state index contributed by atoms with van der Waals surface area (Å²) in [6.07, 6.45) is 2.22. The van der Waals surface area contributed by atoms with Gasteiger partial charge in [0, 0.05) is 37.1 Å². The van der Waals surface area contributed by atoms with Crippen molar-refractivity contribution in [3.8, 4) is 0 Å². The summed E-state index contributed by atoms with van der Waals surface area (Å²) in [5.41, 5.74) is 3.08. The molecule has 0 bridgehead atoms. The average Bonchev–Trinajstić information content (AvgIpc) is 3.26. The third-order valence-electron chi connectivity index (χ3n) is 5.88. The minimum Gasteiger partial charge on any atom is -0.343 e. The number of alkyl halides is 4. The number of hydrogen-bond acceptors (Lipinski definition) is 4. The Bertz CT molecular complexity index is 1390. The first-order valence-corrected chi connectivity index (χ1v) is 10.3. The van der Waals surface area contributed by atoms with E-state index in [9.17, 15) is 22.4 Å². The van der Waals surface area contributed by atoms with Gasteiger partial charge in [0.1, 0.15) is 22.8 Å². The zero-order valence-corrected chi connectivity index (χ0v) is 17.3. The number of aryl methyl sites for hydroxylation is 2. The van der Waals surface area contributed by atoms with Gasteiger partial charge in [0.2, 0.25) is 0 Å². The van der Waals surface area contributed by atoms with E-state index >= 15 is 0 Å². The van der Waals surface area contributed by atoms with E-state index < -0.39 is 11.8 Å². The molecule has 3 N–H and O–H groups in total. The number of rotatable bonds is 0. The van der Waals surface area contributed by atoms with E-state index in [0.29, 0.717) is 39.9 Å². The van der Waals surface area contributed by atoms with Gasteiger partial charge < -0.3 is 15.0 Å². The molecule has 0 amide bonds. The van der Waals surface area contributed by atoms with E-state index in [2.05, 4.69) is 29.9 Å². The van der Waals surface area contributed by atoms with Gasteiger partial charge in [-0.15, -0.1) is 0 Å². The Labute approximate surface area is 182 Å². The number of aromatic nitrogens is 6. The molecule has 0 saturated carbocycles. The van der Waals surface area contributed by atoms with Crippen molar-refractivity contribution < 1.29 is 17.6 Å². The second-order valence-corrected chi connectivity index (χ2v) is 8.43. The maximum Gasteiger partial charge on any atom is 0.260 e. The van der Waals surface area contributed by atoms with Gasteiger partial charge in [0.05, 0.1) is 17.1 Å². The number of nitrogens with zero attached hydrogens (tertiary/aromatic N) is 3. The Morgan fingerprint density at radius 3 is 2.03 bits per heavy atom. The lowest BCUT2D eigenvalue weighted by molar-refractivity contribution is -0.0127. The van der Waals surface area contributed by atoms with Gasteiger partial charge in [-0.2, -0.15) is 0 Å². The Kier molecular flexibility index (Phi) is 4.77. The van der Waals surface area contributed by atoms with Gasteiger partial charge in [-0.25, -0.2) is 32.5 Å². The Morgan fingerprint density at radius 1 is 0.844 bits per heavy atom. The van der Waals surface area contributed by atoms with Gasteiger partial charge in [-0.1, -0.05) is 11.6 Å². The summed E-state index contributed by atoms with van der Waals surface area (Å²) < 4.78 is 53.2. The van der Waals surface area contributed by atoms with E-state index in [0.717, 1.165) is 5.69 Å². The lowest BCUT2D eigenvalue weighted by atomic mass is 9.93. The molecular formula is C20H17ClF4N6O. The summed E-state index contributed by atoms with van der Waals surface area (Å²) in [6.45, 7) is 0. The number of hydrogen-bond donors (Lipinski definition) is 3. The van der Waals surface area contributed by atoms with Gasteiger partial charge >= 0.3 is 0 Å². The van der Waals surface area contributed by atoms with Crippen LogP contribution in [0.15, 0.2) is 17.4 Å². The molecule has 2 aliphatic rings. The molecule has 4 heterocycles. The molecule has 0 aliphatic heterocycles. The maximum atomic E-state index is 13.3. The molecule has 0 radical (unpaired) electrons. The van der Waals surface area contributed by atoms with Crippen LogP contribution >= 0.6 is 11.6 Å². The fourth-order valence-electron chi connectivity index (χ4n) is 4.37. The molecule has 0 spiro atoms. The van der Waals surface area contributed by atoms with Crippen LogP contribution < -0.4 is 5.56 Å². The van der Waals surface area contributed by atoms with Crippen molar-refractivity contribution >= 4 is 33.7 Å². The lowest BCUT2D eigenvalue weighted by Crippen LogP contribution is -2.26. The van der Waals surface area contributed by atoms with Crippen LogP contribution in [0.4, 0.5) is 17.6 Å². The SMILES string of the molecule is FC1(F)CCc2[nH]c3ncnc(Cl)c3c2C1.O=c1[nH]cnc2[nH]c3c(c12)CC(F)(F)CC3. The highest BCUT2D eigenvalue weighted by Gasteiger charge is 2.37. The number of nitrogens with one attached hydrogen (secondary N) is 3. The predicted molar refractivity (Wildman–Crippen MR) is 110 cm³/mol. The van der Waals surface area contributed by atoms with Gasteiger partial charge in [0.25, 0.3) is 17.4 Å². The van der Waals surface area contributed by atoms with Crippen molar-refractivity contribution in [3.05, 3.63) is 50.7 Å². The molecule has 0 atom stereocenters. The van der Waals surface area contributed by atoms with Crippen LogP contribution in [0.2, 0.25) is 5.15 Å². The number of aromatic amines is 3. The van der Waals surface area contributed by atoms with Crippen LogP contribution in [-0.4, -0.2) is 41.7 Å². The van der Waals surface area contributed by atoms with Crippen molar-refractivity contribution in [2.45, 2.75) is 50.4 Å². The Hall–Kier alpha value is -2.95. The van der Waals surface area contributed by atoms with E-state index in [1.54, 1.807) is 0 Å². The Morgan fingerprint density at radius 2 is 1.41 bits per heavy atom. The highest BCUT2D eigenvalue weighted by Crippen LogP contribution is 2.38. The standard InChI is InChI=1S/C10H8ClF2N3.C10H9F2N3O/c11-8-7-5-3-10(12,13)2-1-6(5)16-9(7)15-4-14-8;11-10(12)2-1-6-5(3-10)7-8(15-6)13-4-14-9(7)16/h4H,1-3H2,(H,14,15,16);4H,1-3H2,(H2,13,14,15,16). The van der Waals surface area contributed by atoms with Crippen LogP contribution in [0.3, 0.4) is 0 Å². The molecule has 4 aromatic rings. The van der Waals surface area contributed by atoms with Crippen molar-refractivity contribution in [1.29, 1.82) is 0 Å². The zero-order chi connectivity index (χ0) is 22.7. The molecule has 12 heteroatoms. The van der Waals surface area contributed by atoms with E-state index in [-0.39, 0.29) is 48.2 Å². The minimum atomic E-state index is -2.72. The first-order valence-electron chi connectivity index (χ1n) is 9.96. The van der Waals surface area contributed by atoms with Crippen LogP contribution in [0, 0.1) is 0 Å². The van der Waals surface area contributed by atoms with Gasteiger partial charge in [-0.3, -0.25) is 4.79 Å². The quantitative estimate of drug-likeness (QED) is 0.267. The average molecular weight is 469 g/mol. The van der Waals surface area contributed by atoms with E-state index in [1.165, 1.54) is 12.7 Å². The predicted octanol–water partition coefficient (Wildman–Crippen LogP) is 4.11. The largest absolute Gasteiger partial charge is 0.343 e. The first-order chi connectivity index (χ1) is 15.1. The van der Waals surface area contributed by atoms with Crippen molar-refractivity contribution in [3.63, 3.8) is 0 Å². The summed E-state index contributed by atoms with van der Waals surface area (Å²) in [4.78, 5) is 31.7. The van der Waals surface area contributed by atoms with E-state index in [4.69, 9.17) is 11.6 Å². The summed E-state index contributed by atoms with van der Waals surface area (Å²) >= 11 is 5.91. The highest BCUT2D eigenvalue weighted by molar-refractivity contribution is 6.34. The molecule has 32 heavy (non-hydrogen) atoms. The van der Waals surface area contributed by atoms with Crippen LogP contribution in [-0.2, 0) is 25.7 Å². The second kappa shape index (κ2) is 7.29. The molecule has 4 aromatic heterocycles. The summed E-state index contributed by atoms with van der Waals surface area (Å²) in [7, 11) is 0. The minimum absolute atomic E-state index is 0.127. The molecular weight excluding hydrogens is 452 g/mol. The number of fused-ring (bicyclic) bond motifs is 6. The molecule has 0 fully saturated rings. The summed E-state index contributed by atoms with van der Waals surface area (Å²) in [5.74, 6) is -5.37. The molecule has 0 unspecified atom stereocenters. The number of H-pyrrole nitrogens is 3. The third-order valence-corrected chi connectivity index (χ3v) is 6.16. The molecule has 168 valence electrons. The zero-order valence-electron chi connectivity index (χ0n) is 16.5. The lowest BCUT2D eigenvalue weighted by Gasteiger charge is -2.21. The molecule has 6 rings (SSSR count). The normalized spacial score (nSPS) is 18.7. The summed E-state index contributed by atoms with van der Waals surface area (Å²) in [6, 6.07) is 0. The first kappa shape index (κ1) is 20.9. The fraction of sp³-hybridized carbons (Fsp3) is 0.400. The maximum absolute atomic E-state index is 13.3. The molecule has 0 saturated heterocycles. The fourth-order valence-corrected chi connectivity index (χ4v) is 4.61. The number of halogens is 5. The van der Waals surface area contributed by atoms with Crippen molar-refractivity contribution in [2.75, 3.05) is 0 Å². The molecule has 2 aliphatic carbocycles. The smallest absolute Gasteiger partial charge is 0.260 e. The van der Waals surface area contributed by atoms with Crippen LogP contribution in [0.25, 0.3) is 22.1 Å².